The third kappa shape index (κ3) is 1.79. The minimum Gasteiger partial charge on any atom is -0.383 e. The van der Waals surface area contributed by atoms with Gasteiger partial charge in [-0.1, -0.05) is 6.07 Å². The first kappa shape index (κ1) is 11.0. The number of halogens is 3. The van der Waals surface area contributed by atoms with E-state index in [0.717, 1.165) is 0 Å². The van der Waals surface area contributed by atoms with Crippen LogP contribution in [0.25, 0.3) is 0 Å². The van der Waals surface area contributed by atoms with E-state index in [-0.39, 0.29) is 23.1 Å². The molecule has 1 aliphatic heterocycles. The van der Waals surface area contributed by atoms with E-state index in [1.807, 2.05) is 0 Å². The van der Waals surface area contributed by atoms with E-state index in [9.17, 15) is 13.9 Å². The van der Waals surface area contributed by atoms with Gasteiger partial charge in [-0.05, 0) is 22.0 Å². The number of rotatable bonds is 1. The van der Waals surface area contributed by atoms with Gasteiger partial charge in [0.05, 0.1) is 11.1 Å². The summed E-state index contributed by atoms with van der Waals surface area (Å²) < 4.78 is 31.8. The topological polar surface area (TPSA) is 29.5 Å². The van der Waals surface area contributed by atoms with E-state index in [1.165, 1.54) is 12.1 Å². The summed E-state index contributed by atoms with van der Waals surface area (Å²) in [6.45, 7) is 0.360. The van der Waals surface area contributed by atoms with Gasteiger partial charge in [-0.3, -0.25) is 0 Å². The Balaban J connectivity index is 2.49. The van der Waals surface area contributed by atoms with Crippen LogP contribution in [0.5, 0.6) is 0 Å². The first-order valence-corrected chi connectivity index (χ1v) is 5.28. The maximum Gasteiger partial charge on any atom is 0.173 e. The van der Waals surface area contributed by atoms with Gasteiger partial charge in [0, 0.05) is 18.6 Å². The smallest absolute Gasteiger partial charge is 0.173 e. The zero-order chi connectivity index (χ0) is 11.1. The van der Waals surface area contributed by atoms with Gasteiger partial charge in [0.2, 0.25) is 0 Å². The van der Waals surface area contributed by atoms with E-state index < -0.39 is 17.2 Å². The van der Waals surface area contributed by atoms with Crippen molar-refractivity contribution in [2.24, 2.45) is 0 Å². The molecular formula is C10H9BrF2O2. The molecule has 2 rings (SSSR count). The molecule has 0 amide bonds. The number of hydrogen-bond donors (Lipinski definition) is 1. The number of ether oxygens (including phenoxy) is 1. The molecule has 15 heavy (non-hydrogen) atoms. The maximum absolute atomic E-state index is 13.5. The molecule has 1 saturated heterocycles. The van der Waals surface area contributed by atoms with Crippen molar-refractivity contribution in [1.29, 1.82) is 0 Å². The zero-order valence-corrected chi connectivity index (χ0v) is 9.35. The molecule has 5 heteroatoms. The average molecular weight is 279 g/mol. The molecule has 1 aromatic rings. The lowest BCUT2D eigenvalue weighted by atomic mass is 9.92. The first-order chi connectivity index (χ1) is 7.04. The van der Waals surface area contributed by atoms with Crippen molar-refractivity contribution in [3.63, 3.8) is 0 Å². The van der Waals surface area contributed by atoms with Crippen LogP contribution in [0.2, 0.25) is 0 Å². The van der Waals surface area contributed by atoms with E-state index >= 15 is 0 Å². The third-order valence-electron chi connectivity index (χ3n) is 2.54. The molecule has 0 spiro atoms. The highest BCUT2D eigenvalue weighted by Gasteiger charge is 2.37. The van der Waals surface area contributed by atoms with Gasteiger partial charge in [0.25, 0.3) is 0 Å². The van der Waals surface area contributed by atoms with Crippen molar-refractivity contribution in [3.05, 3.63) is 33.8 Å². The lowest BCUT2D eigenvalue weighted by Crippen LogP contribution is -2.27. The first-order valence-electron chi connectivity index (χ1n) is 4.49. The van der Waals surface area contributed by atoms with Gasteiger partial charge in [0.1, 0.15) is 5.60 Å². The largest absolute Gasteiger partial charge is 0.383 e. The minimum atomic E-state index is -1.40. The van der Waals surface area contributed by atoms with Crippen molar-refractivity contribution in [2.45, 2.75) is 12.0 Å². The van der Waals surface area contributed by atoms with E-state index in [1.54, 1.807) is 0 Å². The fourth-order valence-corrected chi connectivity index (χ4v) is 1.96. The van der Waals surface area contributed by atoms with Crippen LogP contribution < -0.4 is 0 Å². The highest BCUT2D eigenvalue weighted by atomic mass is 79.9. The zero-order valence-electron chi connectivity index (χ0n) is 7.77. The summed E-state index contributed by atoms with van der Waals surface area (Å²) in [5, 5.41) is 10.0. The van der Waals surface area contributed by atoms with Crippen LogP contribution in [-0.2, 0) is 10.3 Å². The fourth-order valence-electron chi connectivity index (χ4n) is 1.65. The van der Waals surface area contributed by atoms with E-state index in [4.69, 9.17) is 4.74 Å². The summed E-state index contributed by atoms with van der Waals surface area (Å²) in [5.41, 5.74) is -1.44. The van der Waals surface area contributed by atoms with Crippen LogP contribution in [0, 0.1) is 11.6 Å². The molecule has 0 bridgehead atoms. The summed E-state index contributed by atoms with van der Waals surface area (Å²) in [5.74, 6) is -2.00. The van der Waals surface area contributed by atoms with E-state index in [0.29, 0.717) is 6.61 Å². The molecule has 0 saturated carbocycles. The van der Waals surface area contributed by atoms with Crippen molar-refractivity contribution >= 4 is 15.9 Å². The second-order valence-electron chi connectivity index (χ2n) is 3.56. The molecule has 1 atom stereocenters. The summed E-state index contributed by atoms with van der Waals surface area (Å²) in [7, 11) is 0. The molecule has 0 aromatic heterocycles. The summed E-state index contributed by atoms with van der Waals surface area (Å²) in [6.07, 6.45) is 0.283. The summed E-state index contributed by atoms with van der Waals surface area (Å²) >= 11 is 2.88. The predicted molar refractivity (Wildman–Crippen MR) is 53.4 cm³/mol. The molecular weight excluding hydrogens is 270 g/mol. The molecule has 2 nitrogen and oxygen atoms in total. The minimum absolute atomic E-state index is 0.00495. The highest BCUT2D eigenvalue weighted by molar-refractivity contribution is 9.10. The van der Waals surface area contributed by atoms with Crippen LogP contribution >= 0.6 is 15.9 Å². The van der Waals surface area contributed by atoms with Crippen LogP contribution in [0.15, 0.2) is 16.6 Å². The number of hydrogen-bond acceptors (Lipinski definition) is 2. The van der Waals surface area contributed by atoms with Gasteiger partial charge >= 0.3 is 0 Å². The molecule has 1 aliphatic rings. The quantitative estimate of drug-likeness (QED) is 0.799. The average Bonchev–Trinajstić information content (AvgIpc) is 2.62. The van der Waals surface area contributed by atoms with Crippen LogP contribution in [0.1, 0.15) is 12.0 Å². The predicted octanol–water partition coefficient (Wildman–Crippen LogP) is 2.34. The number of benzene rings is 1. The Morgan fingerprint density at radius 2 is 2.07 bits per heavy atom. The Bertz CT molecular complexity index is 389. The standard InChI is InChI=1S/C10H9BrF2O2/c11-7-2-1-6(8(12)9(7)13)10(14)3-4-15-5-10/h1-2,14H,3-5H2. The normalized spacial score (nSPS) is 25.9. The molecule has 1 heterocycles. The van der Waals surface area contributed by atoms with Crippen molar-refractivity contribution in [3.8, 4) is 0 Å². The maximum atomic E-state index is 13.5. The SMILES string of the molecule is OC1(c2ccc(Br)c(F)c2F)CCOC1. The number of aliphatic hydroxyl groups is 1. The lowest BCUT2D eigenvalue weighted by Gasteiger charge is -2.21. The molecule has 0 aliphatic carbocycles. The van der Waals surface area contributed by atoms with Crippen LogP contribution in [0.4, 0.5) is 8.78 Å². The molecule has 0 radical (unpaired) electrons. The van der Waals surface area contributed by atoms with Gasteiger partial charge < -0.3 is 9.84 Å². The lowest BCUT2D eigenvalue weighted by molar-refractivity contribution is 0.0196. The Kier molecular flexibility index (Phi) is 2.79. The van der Waals surface area contributed by atoms with E-state index in [2.05, 4.69) is 15.9 Å². The van der Waals surface area contributed by atoms with Crippen molar-refractivity contribution < 1.29 is 18.6 Å². The monoisotopic (exact) mass is 278 g/mol. The third-order valence-corrected chi connectivity index (χ3v) is 3.15. The Hall–Kier alpha value is -0.520. The summed E-state index contributed by atoms with van der Waals surface area (Å²) in [4.78, 5) is 0. The Labute approximate surface area is 94.0 Å². The second-order valence-corrected chi connectivity index (χ2v) is 4.41. The van der Waals surface area contributed by atoms with Gasteiger partial charge in [-0.25, -0.2) is 8.78 Å². The molecule has 1 N–H and O–H groups in total. The molecule has 1 unspecified atom stereocenters. The molecule has 1 aromatic carbocycles. The van der Waals surface area contributed by atoms with Gasteiger partial charge in [0.15, 0.2) is 11.6 Å². The van der Waals surface area contributed by atoms with Gasteiger partial charge in [-0.2, -0.15) is 0 Å². The molecule has 1 fully saturated rings. The van der Waals surface area contributed by atoms with Crippen molar-refractivity contribution in [2.75, 3.05) is 13.2 Å². The molecule has 82 valence electrons. The highest BCUT2D eigenvalue weighted by Crippen LogP contribution is 2.34. The summed E-state index contributed by atoms with van der Waals surface area (Å²) in [6, 6.07) is 2.75. The second kappa shape index (κ2) is 3.81. The van der Waals surface area contributed by atoms with Crippen LogP contribution in [0.3, 0.4) is 0 Å². The van der Waals surface area contributed by atoms with Crippen LogP contribution in [-0.4, -0.2) is 18.3 Å². The Morgan fingerprint density at radius 1 is 1.33 bits per heavy atom. The Morgan fingerprint density at radius 3 is 2.67 bits per heavy atom. The van der Waals surface area contributed by atoms with Crippen molar-refractivity contribution in [1.82, 2.24) is 0 Å². The fraction of sp³-hybridized carbons (Fsp3) is 0.400. The van der Waals surface area contributed by atoms with Gasteiger partial charge in [-0.15, -0.1) is 0 Å².